The third-order valence-electron chi connectivity index (χ3n) is 4.87. The lowest BCUT2D eigenvalue weighted by molar-refractivity contribution is 0.222. The Morgan fingerprint density at radius 2 is 2.00 bits per heavy atom. The van der Waals surface area contributed by atoms with E-state index < -0.39 is 0 Å². The normalized spacial score (nSPS) is 17.1. The maximum atomic E-state index is 6.04. The molecule has 0 amide bonds. The molecule has 1 fully saturated rings. The van der Waals surface area contributed by atoms with Crippen molar-refractivity contribution in [1.29, 1.82) is 0 Å². The highest BCUT2D eigenvalue weighted by molar-refractivity contribution is 6.05. The number of aromatic nitrogens is 2. The highest BCUT2D eigenvalue weighted by atomic mass is 16.3. The largest absolute Gasteiger partial charge is 0.450 e. The lowest BCUT2D eigenvalue weighted by Gasteiger charge is -2.31. The molecule has 120 valence electrons. The summed E-state index contributed by atoms with van der Waals surface area (Å²) in [7, 11) is 4.30. The molecule has 0 unspecified atom stereocenters. The number of fused-ring (bicyclic) bond motifs is 3. The summed E-state index contributed by atoms with van der Waals surface area (Å²) in [6.07, 6.45) is 4.13. The monoisotopic (exact) mass is 310 g/mol. The van der Waals surface area contributed by atoms with Gasteiger partial charge in [0.1, 0.15) is 17.4 Å². The Labute approximate surface area is 135 Å². The van der Waals surface area contributed by atoms with Crippen LogP contribution in [0.15, 0.2) is 35.0 Å². The Kier molecular flexibility index (Phi) is 3.65. The zero-order chi connectivity index (χ0) is 15.8. The van der Waals surface area contributed by atoms with Crippen molar-refractivity contribution < 1.29 is 4.42 Å². The van der Waals surface area contributed by atoms with E-state index in [1.165, 1.54) is 25.9 Å². The van der Waals surface area contributed by atoms with Crippen LogP contribution in [-0.4, -0.2) is 48.6 Å². The maximum Gasteiger partial charge on any atom is 0.196 e. The van der Waals surface area contributed by atoms with Gasteiger partial charge < -0.3 is 14.2 Å². The number of hydrogen-bond acceptors (Lipinski definition) is 5. The van der Waals surface area contributed by atoms with Gasteiger partial charge in [0, 0.05) is 19.0 Å². The van der Waals surface area contributed by atoms with Crippen LogP contribution >= 0.6 is 0 Å². The van der Waals surface area contributed by atoms with Crippen molar-refractivity contribution >= 4 is 27.9 Å². The van der Waals surface area contributed by atoms with Crippen molar-refractivity contribution in [2.24, 2.45) is 5.92 Å². The Bertz CT molecular complexity index is 820. The lowest BCUT2D eigenvalue weighted by Crippen LogP contribution is -2.36. The van der Waals surface area contributed by atoms with Crippen LogP contribution in [-0.2, 0) is 0 Å². The fraction of sp³-hybridized carbons (Fsp3) is 0.444. The summed E-state index contributed by atoms with van der Waals surface area (Å²) in [6, 6.07) is 8.04. The van der Waals surface area contributed by atoms with E-state index in [0.717, 1.165) is 34.4 Å². The quantitative estimate of drug-likeness (QED) is 0.743. The molecule has 1 aromatic carbocycles. The molecule has 0 N–H and O–H groups in total. The minimum absolute atomic E-state index is 0.714. The van der Waals surface area contributed by atoms with Crippen molar-refractivity contribution in [3.05, 3.63) is 30.6 Å². The van der Waals surface area contributed by atoms with Gasteiger partial charge in [-0.2, -0.15) is 0 Å². The van der Waals surface area contributed by atoms with E-state index in [-0.39, 0.29) is 0 Å². The Hall–Kier alpha value is -2.14. The number of piperidine rings is 1. The van der Waals surface area contributed by atoms with Crippen molar-refractivity contribution in [2.75, 3.05) is 38.6 Å². The predicted molar refractivity (Wildman–Crippen MR) is 92.8 cm³/mol. The number of hydrogen-bond donors (Lipinski definition) is 0. The third kappa shape index (κ3) is 2.65. The first-order chi connectivity index (χ1) is 11.2. The van der Waals surface area contributed by atoms with Gasteiger partial charge in [0.05, 0.1) is 0 Å². The maximum absolute atomic E-state index is 6.04. The molecule has 0 saturated carbocycles. The summed E-state index contributed by atoms with van der Waals surface area (Å²) < 4.78 is 6.04. The molecule has 1 aliphatic rings. The minimum atomic E-state index is 0.714. The van der Waals surface area contributed by atoms with Crippen LogP contribution in [0.2, 0.25) is 0 Å². The van der Waals surface area contributed by atoms with Gasteiger partial charge in [0.2, 0.25) is 0 Å². The van der Waals surface area contributed by atoms with Crippen LogP contribution in [0.5, 0.6) is 0 Å². The number of furan rings is 1. The fourth-order valence-electron chi connectivity index (χ4n) is 3.50. The topological polar surface area (TPSA) is 45.4 Å². The molecule has 0 aliphatic carbocycles. The first-order valence-electron chi connectivity index (χ1n) is 8.24. The standard InChI is InChI=1S/C18H22N4O/c1-21-9-7-13(8-10-21)11-22(2)18-17-16(19-12-20-18)14-5-3-4-6-15(14)23-17/h3-6,12-13H,7-11H2,1-2H3. The molecule has 0 bridgehead atoms. The van der Waals surface area contributed by atoms with Crippen LogP contribution < -0.4 is 4.90 Å². The highest BCUT2D eigenvalue weighted by Crippen LogP contribution is 2.32. The van der Waals surface area contributed by atoms with Gasteiger partial charge in [-0.3, -0.25) is 0 Å². The number of rotatable bonds is 3. The summed E-state index contributed by atoms with van der Waals surface area (Å²) in [5.41, 5.74) is 2.57. The number of anilines is 1. The molecule has 2 aromatic heterocycles. The van der Waals surface area contributed by atoms with Crippen LogP contribution in [0.3, 0.4) is 0 Å². The van der Waals surface area contributed by atoms with Crippen molar-refractivity contribution in [1.82, 2.24) is 14.9 Å². The molecule has 4 rings (SSSR count). The second-order valence-electron chi connectivity index (χ2n) is 6.60. The van der Waals surface area contributed by atoms with E-state index in [2.05, 4.69) is 39.9 Å². The molecule has 3 heterocycles. The smallest absolute Gasteiger partial charge is 0.196 e. The van der Waals surface area contributed by atoms with E-state index in [1.807, 2.05) is 18.2 Å². The van der Waals surface area contributed by atoms with E-state index in [0.29, 0.717) is 5.92 Å². The first kappa shape index (κ1) is 14.5. The summed E-state index contributed by atoms with van der Waals surface area (Å²) in [4.78, 5) is 13.6. The third-order valence-corrected chi connectivity index (χ3v) is 4.87. The molecule has 5 nitrogen and oxygen atoms in total. The molecule has 1 saturated heterocycles. The summed E-state index contributed by atoms with van der Waals surface area (Å²) >= 11 is 0. The van der Waals surface area contributed by atoms with Crippen LogP contribution in [0.4, 0.5) is 5.82 Å². The minimum Gasteiger partial charge on any atom is -0.450 e. The number of benzene rings is 1. The summed E-state index contributed by atoms with van der Waals surface area (Å²) in [6.45, 7) is 3.38. The molecular formula is C18H22N4O. The second kappa shape index (κ2) is 5.81. The van der Waals surface area contributed by atoms with Crippen LogP contribution in [0.25, 0.3) is 22.1 Å². The fourth-order valence-corrected chi connectivity index (χ4v) is 3.50. The Morgan fingerprint density at radius 3 is 2.83 bits per heavy atom. The van der Waals surface area contributed by atoms with E-state index >= 15 is 0 Å². The van der Waals surface area contributed by atoms with E-state index in [1.54, 1.807) is 6.33 Å². The van der Waals surface area contributed by atoms with Gasteiger partial charge in [-0.25, -0.2) is 9.97 Å². The van der Waals surface area contributed by atoms with Gasteiger partial charge in [0.25, 0.3) is 0 Å². The van der Waals surface area contributed by atoms with Crippen LogP contribution in [0, 0.1) is 5.92 Å². The van der Waals surface area contributed by atoms with Gasteiger partial charge in [0.15, 0.2) is 11.4 Å². The first-order valence-corrected chi connectivity index (χ1v) is 8.24. The van der Waals surface area contributed by atoms with Gasteiger partial charge >= 0.3 is 0 Å². The molecular weight excluding hydrogens is 288 g/mol. The molecule has 0 atom stereocenters. The zero-order valence-electron chi connectivity index (χ0n) is 13.7. The Morgan fingerprint density at radius 1 is 1.22 bits per heavy atom. The van der Waals surface area contributed by atoms with Crippen molar-refractivity contribution in [2.45, 2.75) is 12.8 Å². The molecule has 3 aromatic rings. The van der Waals surface area contributed by atoms with Gasteiger partial charge in [-0.1, -0.05) is 12.1 Å². The molecule has 0 radical (unpaired) electrons. The Balaban J connectivity index is 1.65. The average Bonchev–Trinajstić information content (AvgIpc) is 2.95. The zero-order valence-corrected chi connectivity index (χ0v) is 13.7. The van der Waals surface area contributed by atoms with Crippen LogP contribution in [0.1, 0.15) is 12.8 Å². The number of likely N-dealkylation sites (tertiary alicyclic amines) is 1. The summed E-state index contributed by atoms with van der Waals surface area (Å²) in [5, 5.41) is 1.05. The SMILES string of the molecule is CN1CCC(CN(C)c2ncnc3c2oc2ccccc23)CC1. The van der Waals surface area contributed by atoms with Gasteiger partial charge in [-0.15, -0.1) is 0 Å². The van der Waals surface area contributed by atoms with Gasteiger partial charge in [-0.05, 0) is 51.0 Å². The number of nitrogens with zero attached hydrogens (tertiary/aromatic N) is 4. The molecule has 0 spiro atoms. The lowest BCUT2D eigenvalue weighted by atomic mass is 9.97. The van der Waals surface area contributed by atoms with Crippen molar-refractivity contribution in [3.8, 4) is 0 Å². The number of para-hydroxylation sites is 1. The molecule has 1 aliphatic heterocycles. The predicted octanol–water partition coefficient (Wildman–Crippen LogP) is 3.15. The second-order valence-corrected chi connectivity index (χ2v) is 6.60. The van der Waals surface area contributed by atoms with E-state index in [4.69, 9.17) is 4.42 Å². The van der Waals surface area contributed by atoms with Crippen molar-refractivity contribution in [3.63, 3.8) is 0 Å². The molecule has 23 heavy (non-hydrogen) atoms. The summed E-state index contributed by atoms with van der Waals surface area (Å²) in [5.74, 6) is 1.61. The highest BCUT2D eigenvalue weighted by Gasteiger charge is 2.21. The average molecular weight is 310 g/mol. The van der Waals surface area contributed by atoms with E-state index in [9.17, 15) is 0 Å². The molecule has 5 heteroatoms.